The molecule has 1 aromatic rings. The number of benzene rings is 1. The molecule has 0 atom stereocenters. The van der Waals surface area contributed by atoms with Crippen LogP contribution in [0.2, 0.25) is 0 Å². The molecule has 1 rings (SSSR count). The van der Waals surface area contributed by atoms with Crippen LogP contribution in [0.25, 0.3) is 5.70 Å². The maximum Gasteiger partial charge on any atom is 0.330 e. The zero-order valence-corrected chi connectivity index (χ0v) is 10.8. The molecule has 0 aliphatic rings. The fourth-order valence-electron chi connectivity index (χ4n) is 1.56. The Morgan fingerprint density at radius 3 is 2.63 bits per heavy atom. The van der Waals surface area contributed by atoms with Crippen molar-refractivity contribution in [2.24, 2.45) is 0 Å². The lowest BCUT2D eigenvalue weighted by Crippen LogP contribution is -2.18. The van der Waals surface area contributed by atoms with E-state index in [9.17, 15) is 4.79 Å². The van der Waals surface area contributed by atoms with Crippen LogP contribution in [0, 0.1) is 0 Å². The predicted octanol–water partition coefficient (Wildman–Crippen LogP) is 0.711. The summed E-state index contributed by atoms with van der Waals surface area (Å²) in [7, 11) is 3.02. The molecule has 0 radical (unpaired) electrons. The van der Waals surface area contributed by atoms with Crippen LogP contribution in [0.5, 0.6) is 11.5 Å². The van der Waals surface area contributed by atoms with Crippen LogP contribution in [0.3, 0.4) is 0 Å². The number of carboxylic acids is 1. The van der Waals surface area contributed by atoms with Gasteiger partial charge in [-0.05, 0) is 12.1 Å². The molecular weight excluding hydrogens is 250 g/mol. The molecule has 0 aliphatic heterocycles. The minimum Gasteiger partial charge on any atom is -0.497 e. The number of aliphatic hydroxyl groups excluding tert-OH is 1. The van der Waals surface area contributed by atoms with Crippen LogP contribution in [0.15, 0.2) is 24.3 Å². The number of carboxylic acid groups (broad SMARTS) is 1. The van der Waals surface area contributed by atoms with Gasteiger partial charge in [-0.3, -0.25) is 0 Å². The topological polar surface area (TPSA) is 88.0 Å². The minimum absolute atomic E-state index is 0.102. The normalized spacial score (nSPS) is 11.0. The number of nitrogens with one attached hydrogen (secondary N) is 1. The van der Waals surface area contributed by atoms with Crippen LogP contribution in [0.4, 0.5) is 0 Å². The molecule has 104 valence electrons. The highest BCUT2D eigenvalue weighted by molar-refractivity contribution is 5.90. The van der Waals surface area contributed by atoms with Crippen molar-refractivity contribution in [3.63, 3.8) is 0 Å². The first-order valence-electron chi connectivity index (χ1n) is 5.64. The molecule has 0 amide bonds. The van der Waals surface area contributed by atoms with Gasteiger partial charge in [-0.15, -0.1) is 0 Å². The lowest BCUT2D eigenvalue weighted by molar-refractivity contribution is -0.131. The minimum atomic E-state index is -1.08. The molecular formula is C13H17NO5. The molecule has 0 aromatic heterocycles. The van der Waals surface area contributed by atoms with Gasteiger partial charge in [-0.25, -0.2) is 4.79 Å². The molecule has 0 bridgehead atoms. The SMILES string of the molecule is COc1ccc(/C(=C/C(=O)O)NCCO)c(OC)c1. The van der Waals surface area contributed by atoms with Crippen LogP contribution in [-0.4, -0.2) is 43.6 Å². The van der Waals surface area contributed by atoms with Crippen molar-refractivity contribution in [1.82, 2.24) is 5.32 Å². The Kier molecular flexibility index (Phi) is 5.69. The van der Waals surface area contributed by atoms with Crippen molar-refractivity contribution in [3.8, 4) is 11.5 Å². The molecule has 0 unspecified atom stereocenters. The third kappa shape index (κ3) is 4.18. The monoisotopic (exact) mass is 267 g/mol. The first-order valence-corrected chi connectivity index (χ1v) is 5.64. The number of methoxy groups -OCH3 is 2. The van der Waals surface area contributed by atoms with Crippen molar-refractivity contribution >= 4 is 11.7 Å². The number of rotatable bonds is 7. The molecule has 0 saturated carbocycles. The summed E-state index contributed by atoms with van der Waals surface area (Å²) in [5, 5.41) is 20.5. The van der Waals surface area contributed by atoms with Gasteiger partial charge in [0.15, 0.2) is 0 Å². The number of hydrogen-bond donors (Lipinski definition) is 3. The van der Waals surface area contributed by atoms with Gasteiger partial charge in [0.2, 0.25) is 0 Å². The van der Waals surface area contributed by atoms with Crippen LogP contribution >= 0.6 is 0 Å². The highest BCUT2D eigenvalue weighted by atomic mass is 16.5. The maximum atomic E-state index is 10.8. The second-order valence-corrected chi connectivity index (χ2v) is 3.61. The summed E-state index contributed by atoms with van der Waals surface area (Å²) in [5.41, 5.74) is 0.945. The van der Waals surface area contributed by atoms with Crippen LogP contribution in [0.1, 0.15) is 5.56 Å². The number of aliphatic carboxylic acids is 1. The number of carbonyl (C=O) groups is 1. The zero-order chi connectivity index (χ0) is 14.3. The summed E-state index contributed by atoms with van der Waals surface area (Å²) < 4.78 is 10.3. The first-order chi connectivity index (χ1) is 9.12. The molecule has 0 spiro atoms. The van der Waals surface area contributed by atoms with E-state index in [0.29, 0.717) is 22.8 Å². The first kappa shape index (κ1) is 14.8. The molecule has 0 saturated heterocycles. The van der Waals surface area contributed by atoms with E-state index in [0.717, 1.165) is 6.08 Å². The van der Waals surface area contributed by atoms with Crippen molar-refractivity contribution in [3.05, 3.63) is 29.8 Å². The van der Waals surface area contributed by atoms with E-state index in [1.165, 1.54) is 14.2 Å². The second-order valence-electron chi connectivity index (χ2n) is 3.61. The van der Waals surface area contributed by atoms with Gasteiger partial charge in [0.25, 0.3) is 0 Å². The van der Waals surface area contributed by atoms with Gasteiger partial charge in [0, 0.05) is 24.3 Å². The highest BCUT2D eigenvalue weighted by Gasteiger charge is 2.11. The van der Waals surface area contributed by atoms with Gasteiger partial charge in [0.1, 0.15) is 11.5 Å². The smallest absolute Gasteiger partial charge is 0.330 e. The average Bonchev–Trinajstić information content (AvgIpc) is 2.42. The predicted molar refractivity (Wildman–Crippen MR) is 70.2 cm³/mol. The van der Waals surface area contributed by atoms with Crippen molar-refractivity contribution in [1.29, 1.82) is 0 Å². The third-order valence-corrected chi connectivity index (χ3v) is 2.39. The molecule has 0 fully saturated rings. The lowest BCUT2D eigenvalue weighted by Gasteiger charge is -2.14. The molecule has 19 heavy (non-hydrogen) atoms. The van der Waals surface area contributed by atoms with E-state index >= 15 is 0 Å². The summed E-state index contributed by atoms with van der Waals surface area (Å²) in [6.45, 7) is 0.143. The van der Waals surface area contributed by atoms with E-state index in [1.54, 1.807) is 18.2 Å². The van der Waals surface area contributed by atoms with Crippen molar-refractivity contribution in [2.45, 2.75) is 0 Å². The average molecular weight is 267 g/mol. The Hall–Kier alpha value is -2.21. The summed E-state index contributed by atoms with van der Waals surface area (Å²) in [5.74, 6) is 0.00744. The van der Waals surface area contributed by atoms with Crippen LogP contribution < -0.4 is 14.8 Å². The standard InChI is InChI=1S/C13H17NO5/c1-18-9-3-4-10(12(7-9)19-2)11(8-13(16)17)14-5-6-15/h3-4,7-8,14-15H,5-6H2,1-2H3,(H,16,17)/b11-8-. The third-order valence-electron chi connectivity index (χ3n) is 2.39. The van der Waals surface area contributed by atoms with Gasteiger partial charge < -0.3 is 25.0 Å². The Labute approximate surface area is 111 Å². The van der Waals surface area contributed by atoms with E-state index in [-0.39, 0.29) is 13.2 Å². The highest BCUT2D eigenvalue weighted by Crippen LogP contribution is 2.28. The van der Waals surface area contributed by atoms with Crippen LogP contribution in [-0.2, 0) is 4.79 Å². The summed E-state index contributed by atoms with van der Waals surface area (Å²) in [4.78, 5) is 10.8. The van der Waals surface area contributed by atoms with Gasteiger partial charge in [0.05, 0.1) is 26.5 Å². The summed E-state index contributed by atoms with van der Waals surface area (Å²) in [6, 6.07) is 5.05. The van der Waals surface area contributed by atoms with E-state index in [4.69, 9.17) is 19.7 Å². The number of ether oxygens (including phenoxy) is 2. The van der Waals surface area contributed by atoms with Gasteiger partial charge in [-0.1, -0.05) is 0 Å². The van der Waals surface area contributed by atoms with Gasteiger partial charge >= 0.3 is 5.97 Å². The lowest BCUT2D eigenvalue weighted by atomic mass is 10.1. The fraction of sp³-hybridized carbons (Fsp3) is 0.308. The zero-order valence-electron chi connectivity index (χ0n) is 10.8. The Bertz CT molecular complexity index is 470. The summed E-state index contributed by atoms with van der Waals surface area (Å²) in [6.07, 6.45) is 1.03. The molecule has 6 heteroatoms. The molecule has 3 N–H and O–H groups in total. The quantitative estimate of drug-likeness (QED) is 0.631. The molecule has 0 heterocycles. The van der Waals surface area contributed by atoms with E-state index in [2.05, 4.69) is 5.32 Å². The fourth-order valence-corrected chi connectivity index (χ4v) is 1.56. The maximum absolute atomic E-state index is 10.8. The van der Waals surface area contributed by atoms with Crippen molar-refractivity contribution in [2.75, 3.05) is 27.4 Å². The Balaban J connectivity index is 3.17. The summed E-state index contributed by atoms with van der Waals surface area (Å²) >= 11 is 0. The Morgan fingerprint density at radius 1 is 1.37 bits per heavy atom. The largest absolute Gasteiger partial charge is 0.497 e. The van der Waals surface area contributed by atoms with Crippen molar-refractivity contribution < 1.29 is 24.5 Å². The Morgan fingerprint density at radius 2 is 2.11 bits per heavy atom. The van der Waals surface area contributed by atoms with E-state index in [1.807, 2.05) is 0 Å². The van der Waals surface area contributed by atoms with E-state index < -0.39 is 5.97 Å². The molecule has 1 aromatic carbocycles. The molecule has 0 aliphatic carbocycles. The number of hydrogen-bond acceptors (Lipinski definition) is 5. The number of aliphatic hydroxyl groups is 1. The second kappa shape index (κ2) is 7.27. The molecule has 6 nitrogen and oxygen atoms in total. The van der Waals surface area contributed by atoms with Gasteiger partial charge in [-0.2, -0.15) is 0 Å².